The van der Waals surface area contributed by atoms with Gasteiger partial charge in [-0.15, -0.1) is 0 Å². The lowest BCUT2D eigenvalue weighted by molar-refractivity contribution is -0.129. The van der Waals surface area contributed by atoms with Crippen LogP contribution in [0.1, 0.15) is 22.7 Å². The minimum absolute atomic E-state index is 0.118. The molecule has 0 saturated heterocycles. The van der Waals surface area contributed by atoms with E-state index in [1.807, 2.05) is 85.1 Å². The van der Waals surface area contributed by atoms with Gasteiger partial charge < -0.3 is 19.7 Å². The predicted molar refractivity (Wildman–Crippen MR) is 134 cm³/mol. The summed E-state index contributed by atoms with van der Waals surface area (Å²) in [4.78, 5) is 31.4. The Kier molecular flexibility index (Phi) is 6.10. The van der Waals surface area contributed by atoms with Crippen molar-refractivity contribution in [2.75, 3.05) is 13.7 Å². The Morgan fingerprint density at radius 1 is 1.03 bits per heavy atom. The van der Waals surface area contributed by atoms with Gasteiger partial charge in [-0.05, 0) is 41.3 Å². The third kappa shape index (κ3) is 4.30. The number of hydrogen-bond donors (Lipinski definition) is 2. The van der Waals surface area contributed by atoms with Gasteiger partial charge in [0.1, 0.15) is 5.75 Å². The molecule has 5 rings (SSSR count). The first-order valence-electron chi connectivity index (χ1n) is 11.6. The summed E-state index contributed by atoms with van der Waals surface area (Å²) < 4.78 is 5.36. The number of rotatable bonds is 8. The van der Waals surface area contributed by atoms with Gasteiger partial charge in [0.15, 0.2) is 11.5 Å². The minimum atomic E-state index is -0.639. The molecule has 0 spiro atoms. The lowest BCUT2D eigenvalue weighted by Crippen LogP contribution is -2.33. The van der Waals surface area contributed by atoms with Crippen LogP contribution in [0.3, 0.4) is 0 Å². The summed E-state index contributed by atoms with van der Waals surface area (Å²) in [7, 11) is 1.63. The first-order valence-corrected chi connectivity index (χ1v) is 11.6. The predicted octanol–water partition coefficient (Wildman–Crippen LogP) is 4.93. The number of carbonyl (C=O) groups is 2. The molecule has 35 heavy (non-hydrogen) atoms. The maximum absolute atomic E-state index is 13.4. The van der Waals surface area contributed by atoms with E-state index in [0.29, 0.717) is 13.0 Å². The second-order valence-electron chi connectivity index (χ2n) is 8.64. The molecule has 6 heteroatoms. The van der Waals surface area contributed by atoms with Gasteiger partial charge in [0, 0.05) is 30.1 Å². The average Bonchev–Trinajstić information content (AvgIpc) is 3.41. The lowest BCUT2D eigenvalue weighted by atomic mass is 9.93. The zero-order valence-corrected chi connectivity index (χ0v) is 19.4. The van der Waals surface area contributed by atoms with Crippen LogP contribution in [0, 0.1) is 0 Å². The summed E-state index contributed by atoms with van der Waals surface area (Å²) in [6, 6.07) is 23.9. The number of amides is 1. The number of aliphatic hydroxyl groups excluding tert-OH is 1. The molecule has 0 unspecified atom stereocenters. The largest absolute Gasteiger partial charge is 0.503 e. The molecule has 6 nitrogen and oxygen atoms in total. The number of nitrogens with one attached hydrogen (secondary N) is 1. The van der Waals surface area contributed by atoms with E-state index in [2.05, 4.69) is 4.98 Å². The van der Waals surface area contributed by atoms with E-state index in [0.717, 1.165) is 33.3 Å². The van der Waals surface area contributed by atoms with E-state index in [4.69, 9.17) is 4.74 Å². The molecule has 1 aliphatic rings. The zero-order valence-electron chi connectivity index (χ0n) is 19.4. The number of Topliss-reactive ketones (excluding diaryl/α,β-unsaturated/α-hetero) is 1. The topological polar surface area (TPSA) is 82.6 Å². The quantitative estimate of drug-likeness (QED) is 0.386. The zero-order chi connectivity index (χ0) is 24.4. The van der Waals surface area contributed by atoms with E-state index in [9.17, 15) is 14.7 Å². The highest BCUT2D eigenvalue weighted by atomic mass is 16.5. The van der Waals surface area contributed by atoms with Gasteiger partial charge in [-0.1, -0.05) is 60.7 Å². The molecule has 2 heterocycles. The Bertz CT molecular complexity index is 1410. The Morgan fingerprint density at radius 3 is 2.46 bits per heavy atom. The molecule has 1 aromatic heterocycles. The van der Waals surface area contributed by atoms with Gasteiger partial charge in [0.05, 0.1) is 18.7 Å². The van der Waals surface area contributed by atoms with Crippen molar-refractivity contribution < 1.29 is 19.4 Å². The molecule has 0 fully saturated rings. The molecule has 0 radical (unpaired) electrons. The molecule has 0 saturated carbocycles. The molecule has 176 valence electrons. The first kappa shape index (κ1) is 22.5. The number of hydrogen-bond acceptors (Lipinski definition) is 4. The van der Waals surface area contributed by atoms with E-state index in [1.54, 1.807) is 12.0 Å². The number of benzene rings is 3. The molecule has 2 N–H and O–H groups in total. The van der Waals surface area contributed by atoms with Crippen molar-refractivity contribution in [1.29, 1.82) is 0 Å². The Balaban J connectivity index is 1.45. The SMILES string of the molecule is COc1ccc2[nH]cc(CCN3C(=O)C(O)=C(C(=O)Cc4ccccc4)[C@H]3c3ccccc3)c2c1. The number of ketones is 1. The number of aromatic nitrogens is 1. The highest BCUT2D eigenvalue weighted by molar-refractivity contribution is 6.09. The van der Waals surface area contributed by atoms with Crippen molar-refractivity contribution >= 4 is 22.6 Å². The molecule has 1 aliphatic heterocycles. The fourth-order valence-corrected chi connectivity index (χ4v) is 4.76. The number of methoxy groups -OCH3 is 1. The van der Waals surface area contributed by atoms with Crippen LogP contribution in [-0.2, 0) is 22.4 Å². The molecular formula is C29H26N2O4. The Hall–Kier alpha value is -4.32. The third-order valence-electron chi connectivity index (χ3n) is 6.52. The monoisotopic (exact) mass is 466 g/mol. The molecule has 1 atom stereocenters. The van der Waals surface area contributed by atoms with Crippen LogP contribution < -0.4 is 4.74 Å². The Morgan fingerprint density at radius 2 is 1.74 bits per heavy atom. The van der Waals surface area contributed by atoms with Crippen molar-refractivity contribution in [3.8, 4) is 5.75 Å². The van der Waals surface area contributed by atoms with Crippen LogP contribution in [0.15, 0.2) is 96.4 Å². The molecule has 3 aromatic carbocycles. The summed E-state index contributed by atoms with van der Waals surface area (Å²) in [6.07, 6.45) is 2.60. The third-order valence-corrected chi connectivity index (χ3v) is 6.52. The Labute approximate surface area is 203 Å². The minimum Gasteiger partial charge on any atom is -0.503 e. The average molecular weight is 467 g/mol. The number of fused-ring (bicyclic) bond motifs is 1. The number of ether oxygens (including phenoxy) is 1. The highest BCUT2D eigenvalue weighted by Crippen LogP contribution is 2.38. The van der Waals surface area contributed by atoms with E-state index < -0.39 is 17.7 Å². The second kappa shape index (κ2) is 9.50. The number of aliphatic hydroxyl groups is 1. The van der Waals surface area contributed by atoms with Crippen LogP contribution in [-0.4, -0.2) is 40.3 Å². The van der Waals surface area contributed by atoms with E-state index in [-0.39, 0.29) is 17.8 Å². The van der Waals surface area contributed by atoms with Crippen molar-refractivity contribution in [3.63, 3.8) is 0 Å². The van der Waals surface area contributed by atoms with Gasteiger partial charge in [-0.25, -0.2) is 0 Å². The standard InChI is InChI=1S/C29H26N2O4/c1-35-22-12-13-24-23(17-22)21(18-30-24)14-15-31-27(20-10-6-3-7-11-20)26(28(33)29(31)34)25(32)16-19-8-4-2-5-9-19/h2-13,17-18,27,30,33H,14-16H2,1H3/t27-/m1/s1. The van der Waals surface area contributed by atoms with Crippen molar-refractivity contribution in [3.05, 3.63) is 113 Å². The van der Waals surface area contributed by atoms with Crippen LogP contribution in [0.2, 0.25) is 0 Å². The fourth-order valence-electron chi connectivity index (χ4n) is 4.76. The molecule has 0 aliphatic carbocycles. The molecule has 0 bridgehead atoms. The summed E-state index contributed by atoms with van der Waals surface area (Å²) in [5.74, 6) is -0.478. The fraction of sp³-hybridized carbons (Fsp3) is 0.172. The smallest absolute Gasteiger partial charge is 0.290 e. The van der Waals surface area contributed by atoms with Gasteiger partial charge in [0.25, 0.3) is 5.91 Å². The summed E-state index contributed by atoms with van der Waals surface area (Å²) in [5.41, 5.74) is 3.80. The molecule has 4 aromatic rings. The van der Waals surface area contributed by atoms with Gasteiger partial charge in [-0.2, -0.15) is 0 Å². The van der Waals surface area contributed by atoms with Crippen LogP contribution >= 0.6 is 0 Å². The summed E-state index contributed by atoms with van der Waals surface area (Å²) >= 11 is 0. The van der Waals surface area contributed by atoms with E-state index >= 15 is 0 Å². The maximum atomic E-state index is 13.4. The van der Waals surface area contributed by atoms with Crippen LogP contribution in [0.25, 0.3) is 10.9 Å². The lowest BCUT2D eigenvalue weighted by Gasteiger charge is -2.27. The summed E-state index contributed by atoms with van der Waals surface area (Å²) in [5, 5.41) is 11.9. The van der Waals surface area contributed by atoms with Crippen LogP contribution in [0.5, 0.6) is 5.75 Å². The van der Waals surface area contributed by atoms with Gasteiger partial charge in [0.2, 0.25) is 0 Å². The highest BCUT2D eigenvalue weighted by Gasteiger charge is 2.43. The van der Waals surface area contributed by atoms with Gasteiger partial charge in [-0.3, -0.25) is 9.59 Å². The van der Waals surface area contributed by atoms with Crippen LogP contribution in [0.4, 0.5) is 0 Å². The molecule has 1 amide bonds. The molecular weight excluding hydrogens is 440 g/mol. The first-order chi connectivity index (χ1) is 17.1. The maximum Gasteiger partial charge on any atom is 0.290 e. The number of carbonyl (C=O) groups excluding carboxylic acids is 2. The number of nitrogens with zero attached hydrogens (tertiary/aromatic N) is 1. The van der Waals surface area contributed by atoms with E-state index in [1.165, 1.54) is 0 Å². The number of aromatic amines is 1. The van der Waals surface area contributed by atoms with Crippen molar-refractivity contribution in [1.82, 2.24) is 9.88 Å². The van der Waals surface area contributed by atoms with Gasteiger partial charge >= 0.3 is 0 Å². The van der Waals surface area contributed by atoms with Crippen molar-refractivity contribution in [2.24, 2.45) is 0 Å². The normalized spacial score (nSPS) is 15.7. The van der Waals surface area contributed by atoms with Crippen molar-refractivity contribution in [2.45, 2.75) is 18.9 Å². The second-order valence-corrected chi connectivity index (χ2v) is 8.64. The summed E-state index contributed by atoms with van der Waals surface area (Å²) in [6.45, 7) is 0.342. The number of H-pyrrole nitrogens is 1.